The summed E-state index contributed by atoms with van der Waals surface area (Å²) in [5.41, 5.74) is 2.58. The number of piperazine rings is 3. The summed E-state index contributed by atoms with van der Waals surface area (Å²) in [4.78, 5) is 84.0. The van der Waals surface area contributed by atoms with Crippen molar-refractivity contribution >= 4 is 57.1 Å². The van der Waals surface area contributed by atoms with Gasteiger partial charge in [-0.05, 0) is 139 Å². The third-order valence-corrected chi connectivity index (χ3v) is 25.7. The summed E-state index contributed by atoms with van der Waals surface area (Å²) in [5.74, 6) is 0.866. The van der Waals surface area contributed by atoms with Gasteiger partial charge >= 0.3 is 18.2 Å². The average Bonchev–Trinajstić information content (AvgIpc) is 1.47. The molecule has 1 spiro atoms. The number of likely N-dealkylation sites (tertiary alicyclic amines) is 3. The Labute approximate surface area is 621 Å². The normalized spacial score (nSPS) is 31.5. The third-order valence-electron chi connectivity index (χ3n) is 23.5. The molecule has 5 amide bonds. The second-order valence-electron chi connectivity index (χ2n) is 33.4. The molecule has 2 aromatic rings. The molecule has 1 saturated carbocycles. The lowest BCUT2D eigenvalue weighted by molar-refractivity contribution is -0.128. The Morgan fingerprint density at radius 3 is 1.78 bits per heavy atom. The highest BCUT2D eigenvalue weighted by molar-refractivity contribution is 7.92. The fourth-order valence-electron chi connectivity index (χ4n) is 17.3. The number of aryl methyl sites for hydroxylation is 1. The van der Waals surface area contributed by atoms with Gasteiger partial charge in [-0.1, -0.05) is 36.7 Å². The lowest BCUT2D eigenvalue weighted by Gasteiger charge is -2.51. The summed E-state index contributed by atoms with van der Waals surface area (Å²) in [6.07, 6.45) is 9.43. The first-order valence-corrected chi connectivity index (χ1v) is 40.6. The molecule has 11 fully saturated rings. The van der Waals surface area contributed by atoms with Gasteiger partial charge in [0.15, 0.2) is 5.78 Å². The van der Waals surface area contributed by atoms with Gasteiger partial charge in [-0.15, -0.1) is 4.36 Å². The third kappa shape index (κ3) is 18.9. The zero-order valence-electron chi connectivity index (χ0n) is 62.9. The molecule has 26 nitrogen and oxygen atoms in total. The molecule has 2 bridgehead atoms. The van der Waals surface area contributed by atoms with Gasteiger partial charge in [0.05, 0.1) is 76.9 Å². The number of allylic oxidation sites excluding steroid dienone is 1. The first-order valence-electron chi connectivity index (χ1n) is 38.5. The number of nitrogens with one attached hydrogen (secondary N) is 2. The molecule has 2 N–H and O–H groups in total. The number of benzene rings is 2. The van der Waals surface area contributed by atoms with Crippen molar-refractivity contribution in [3.63, 3.8) is 0 Å². The first-order chi connectivity index (χ1) is 49.8. The summed E-state index contributed by atoms with van der Waals surface area (Å²) in [6, 6.07) is 14.4. The van der Waals surface area contributed by atoms with Crippen LogP contribution in [-0.4, -0.2) is 335 Å². The zero-order valence-corrected chi connectivity index (χ0v) is 64.4. The van der Waals surface area contributed by atoms with E-state index in [9.17, 15) is 28.2 Å². The maximum absolute atomic E-state index is 14.8. The number of halogens is 1. The Balaban J connectivity index is 0.000000163. The summed E-state index contributed by atoms with van der Waals surface area (Å²) < 4.78 is 62.0. The Hall–Kier alpha value is -5.27. The maximum atomic E-state index is 14.8. The number of hydrogen-bond donors (Lipinski definition) is 2. The van der Waals surface area contributed by atoms with E-state index in [1.54, 1.807) is 43.7 Å². The number of fused-ring (bicyclic) bond motifs is 7. The SMILES string of the molecule is C1CN2CCN(C3CNC3)C[C@H]2CO1.CC(C)(C)OC(=O)N1CC(=O)C1.CC(C)(C)OC(=O)N1CC(N2CCN3CCOC[C@@H]3C2)C1.CO[C@H]1/C=C/C[C@H](C)CS(=O)(NC(=O)N2CC(N3CCN4CCOC[C@@H]4C3)C2)=NC(=O)c2ccc3c(c2)N(C[C@@H]2CC[C@H]21)C[C@@]1(CCCc2cc(Cl)ccc21)CO3. The lowest BCUT2D eigenvalue weighted by Crippen LogP contribution is -2.68. The Bertz CT molecular complexity index is 3510. The highest BCUT2D eigenvalue weighted by Gasteiger charge is 2.47. The van der Waals surface area contributed by atoms with Crippen LogP contribution in [0.1, 0.15) is 102 Å². The minimum atomic E-state index is -3.50. The Morgan fingerprint density at radius 2 is 1.24 bits per heavy atom. The number of ketones is 1. The molecule has 16 rings (SSSR count). The van der Waals surface area contributed by atoms with E-state index in [1.165, 1.54) is 48.8 Å². The quantitative estimate of drug-likeness (QED) is 0.337. The standard InChI is InChI=1S/C43H57ClN6O6S.C15H27N3O3.C10H19N3O.C8H13NO3/c1-29-5-3-7-39(54-2)36-11-8-32(36)21-50-27-43(14-4-6-30-19-33(44)10-12-37(30)43)28-56-40-13-9-31(20-38(40)50)41(51)45-57(53,26-29)46-42(52)49-22-34(23-49)48-16-15-47-17-18-55-25-35(47)24-48;1-15(2,3)21-14(19)18-8-12(9-18)17-5-4-16-6-7-20-11-13(16)10-17;1-2-13(9-5-11-6-9)7-10-8-14-4-3-12(1)10;1-8(2,3)12-7(11)9-4-6(10)5-9/h3,7,9-10,12-13,19-20,29,32,34-36,39H,4-6,8,11,14-18,21-28H2,1-2H3,(H,45,46,51,52,53);12-13H,4-11H2,1-3H3;9-11H,1-8H2;4-5H2,1-3H3/b7-3+;;;/t29-,32-,35-,36+,39-,43-,57?;13-;10-;/m000./s1. The number of morpholine rings is 3. The van der Waals surface area contributed by atoms with E-state index in [2.05, 4.69) is 73.0 Å². The Morgan fingerprint density at radius 1 is 0.673 bits per heavy atom. The van der Waals surface area contributed by atoms with Crippen molar-refractivity contribution in [2.75, 3.05) is 208 Å². The predicted octanol–water partition coefficient (Wildman–Crippen LogP) is 5.79. The van der Waals surface area contributed by atoms with Crippen LogP contribution in [0.25, 0.3) is 0 Å². The van der Waals surface area contributed by atoms with E-state index in [0.29, 0.717) is 67.7 Å². The molecule has 10 saturated heterocycles. The highest BCUT2D eigenvalue weighted by Crippen LogP contribution is 2.47. The number of nitrogens with zero attached hydrogens (tertiary/aromatic N) is 11. The Kier molecular flexibility index (Phi) is 24.6. The summed E-state index contributed by atoms with van der Waals surface area (Å²) in [6.45, 7) is 38.8. The van der Waals surface area contributed by atoms with Gasteiger partial charge in [-0.3, -0.25) is 48.6 Å². The molecule has 1 unspecified atom stereocenters. The second-order valence-corrected chi connectivity index (χ2v) is 35.9. The van der Waals surface area contributed by atoms with E-state index in [1.807, 2.05) is 45.9 Å². The first kappa shape index (κ1) is 76.9. The number of methoxy groups -OCH3 is 1. The fraction of sp³-hybridized carbons (Fsp3) is 0.750. The van der Waals surface area contributed by atoms with Crippen molar-refractivity contribution in [3.05, 3.63) is 70.3 Å². The molecule has 14 aliphatic rings. The number of urea groups is 1. The number of hydrogen-bond acceptors (Lipinski definition) is 21. The van der Waals surface area contributed by atoms with Crippen LogP contribution in [0.4, 0.5) is 20.1 Å². The van der Waals surface area contributed by atoms with E-state index in [0.717, 1.165) is 179 Å². The molecule has 2 aliphatic carbocycles. The zero-order chi connectivity index (χ0) is 73.1. The van der Waals surface area contributed by atoms with Crippen molar-refractivity contribution < 1.29 is 61.3 Å². The molecule has 28 heteroatoms. The molecule has 104 heavy (non-hydrogen) atoms. The number of anilines is 1. The molecular formula is C76H116ClN13O13S. The van der Waals surface area contributed by atoms with Gasteiger partial charge in [-0.2, -0.15) is 0 Å². The van der Waals surface area contributed by atoms with Crippen LogP contribution in [-0.2, 0) is 55.0 Å². The number of carbonyl (C=O) groups is 5. The maximum Gasteiger partial charge on any atom is 0.411 e. The summed E-state index contributed by atoms with van der Waals surface area (Å²) in [7, 11) is -1.71. The molecule has 9 atom stereocenters. The van der Waals surface area contributed by atoms with Crippen molar-refractivity contribution in [2.45, 2.75) is 146 Å². The minimum absolute atomic E-state index is 0.0472. The van der Waals surface area contributed by atoms with E-state index in [4.69, 9.17) is 44.8 Å². The molecule has 0 aromatic heterocycles. The predicted molar refractivity (Wildman–Crippen MR) is 398 cm³/mol. The highest BCUT2D eigenvalue weighted by atomic mass is 35.5. The van der Waals surface area contributed by atoms with Crippen molar-refractivity contribution in [3.8, 4) is 5.75 Å². The van der Waals surface area contributed by atoms with E-state index >= 15 is 0 Å². The molecule has 576 valence electrons. The average molecular weight is 1490 g/mol. The summed E-state index contributed by atoms with van der Waals surface area (Å²) in [5, 5.41) is 4.09. The van der Waals surface area contributed by atoms with Crippen molar-refractivity contribution in [1.29, 1.82) is 0 Å². The number of Topliss-reactive ketones (excluding diaryl/α,β-unsaturated/α-hetero) is 1. The monoisotopic (exact) mass is 1490 g/mol. The number of carbonyl (C=O) groups excluding carboxylic acids is 5. The number of ether oxygens (including phenoxy) is 7. The van der Waals surface area contributed by atoms with Crippen LogP contribution in [0.3, 0.4) is 0 Å². The van der Waals surface area contributed by atoms with Crippen LogP contribution >= 0.6 is 11.6 Å². The van der Waals surface area contributed by atoms with Crippen LogP contribution in [0, 0.1) is 17.8 Å². The molecule has 12 heterocycles. The van der Waals surface area contributed by atoms with Gasteiger partial charge < -0.3 is 53.2 Å². The van der Waals surface area contributed by atoms with Crippen LogP contribution < -0.4 is 19.7 Å². The molecule has 0 radical (unpaired) electrons. The van der Waals surface area contributed by atoms with Crippen molar-refractivity contribution in [2.24, 2.45) is 22.1 Å². The molecule has 2 aromatic carbocycles. The largest absolute Gasteiger partial charge is 0.490 e. The van der Waals surface area contributed by atoms with Gasteiger partial charge in [0, 0.05) is 190 Å². The van der Waals surface area contributed by atoms with Gasteiger partial charge in [0.1, 0.15) is 26.9 Å². The number of amides is 5. The van der Waals surface area contributed by atoms with Gasteiger partial charge in [0.25, 0.3) is 5.91 Å². The minimum Gasteiger partial charge on any atom is -0.490 e. The summed E-state index contributed by atoms with van der Waals surface area (Å²) >= 11 is 6.49. The van der Waals surface area contributed by atoms with E-state index in [-0.39, 0.29) is 54.2 Å². The number of rotatable bonds is 5. The molecular weight excluding hydrogens is 1370 g/mol. The van der Waals surface area contributed by atoms with Crippen LogP contribution in [0.2, 0.25) is 5.02 Å². The van der Waals surface area contributed by atoms with Crippen LogP contribution in [0.5, 0.6) is 5.75 Å². The smallest absolute Gasteiger partial charge is 0.411 e. The van der Waals surface area contributed by atoms with E-state index < -0.39 is 39.1 Å². The topological polar surface area (TPSA) is 236 Å². The fourth-order valence-corrected chi connectivity index (χ4v) is 19.3. The van der Waals surface area contributed by atoms with Gasteiger partial charge in [0.2, 0.25) is 0 Å². The van der Waals surface area contributed by atoms with Crippen LogP contribution in [0.15, 0.2) is 52.9 Å². The second kappa shape index (κ2) is 33.3. The molecule has 12 aliphatic heterocycles. The lowest BCUT2D eigenvalue weighted by atomic mass is 9.68. The van der Waals surface area contributed by atoms with Gasteiger partial charge in [-0.25, -0.2) is 18.6 Å². The van der Waals surface area contributed by atoms with Crippen molar-refractivity contribution in [1.82, 2.24) is 54.1 Å².